The Morgan fingerprint density at radius 1 is 1.13 bits per heavy atom. The topological polar surface area (TPSA) is 51.8 Å². The normalized spacial score (nSPS) is 16.0. The number of furan rings is 1. The Hall–Kier alpha value is -2.62. The fraction of sp³-hybridized carbons (Fsp3) is 0.263. The lowest BCUT2D eigenvalue weighted by atomic mass is 10.0. The highest BCUT2D eigenvalue weighted by Gasteiger charge is 2.22. The van der Waals surface area contributed by atoms with Gasteiger partial charge >= 0.3 is 5.97 Å². The number of nitrogens with zero attached hydrogens (tertiary/aromatic N) is 1. The van der Waals surface area contributed by atoms with Gasteiger partial charge in [0, 0.05) is 12.8 Å². The van der Waals surface area contributed by atoms with Gasteiger partial charge in [0.15, 0.2) is 11.6 Å². The van der Waals surface area contributed by atoms with E-state index in [1.54, 1.807) is 12.3 Å². The summed E-state index contributed by atoms with van der Waals surface area (Å²) in [5.74, 6) is 1.38. The van der Waals surface area contributed by atoms with E-state index in [9.17, 15) is 4.79 Å². The number of carbonyl (C=O) groups excluding carboxylic acids is 1. The van der Waals surface area contributed by atoms with Gasteiger partial charge in [0.1, 0.15) is 5.76 Å². The highest BCUT2D eigenvalue weighted by molar-refractivity contribution is 6.07. The first-order valence-electron chi connectivity index (χ1n) is 7.75. The van der Waals surface area contributed by atoms with Crippen LogP contribution in [0.1, 0.15) is 43.1 Å². The third kappa shape index (κ3) is 3.77. The number of esters is 1. The molecule has 2 heterocycles. The standard InChI is InChI=1S/C19H19NO3/c1-13(2)15-7-5-14(6-8-15)12-17-19(21)23-18(20-17)10-9-16-4-3-11-22-16/h3-8,11-13H,9-10H2,1-2H3/b17-12+. The summed E-state index contributed by atoms with van der Waals surface area (Å²) in [6, 6.07) is 11.9. The maximum atomic E-state index is 11.9. The molecule has 0 spiro atoms. The van der Waals surface area contributed by atoms with Crippen LogP contribution in [0.15, 0.2) is 57.8 Å². The Kier molecular flexibility index (Phi) is 4.42. The molecule has 4 heteroatoms. The van der Waals surface area contributed by atoms with Gasteiger partial charge in [0.2, 0.25) is 0 Å². The van der Waals surface area contributed by atoms with Gasteiger partial charge in [-0.2, -0.15) is 0 Å². The second kappa shape index (κ2) is 6.65. The summed E-state index contributed by atoms with van der Waals surface area (Å²) in [5, 5.41) is 0. The highest BCUT2D eigenvalue weighted by atomic mass is 16.6. The third-order valence-electron chi connectivity index (χ3n) is 3.74. The van der Waals surface area contributed by atoms with Crippen LogP contribution in [-0.2, 0) is 16.0 Å². The highest BCUT2D eigenvalue weighted by Crippen LogP contribution is 2.20. The number of ether oxygens (including phenoxy) is 1. The van der Waals surface area contributed by atoms with Gasteiger partial charge in [0.05, 0.1) is 6.26 Å². The van der Waals surface area contributed by atoms with Crippen LogP contribution >= 0.6 is 0 Å². The molecule has 0 saturated carbocycles. The number of aryl methyl sites for hydroxylation is 1. The van der Waals surface area contributed by atoms with Crippen LogP contribution in [0.5, 0.6) is 0 Å². The zero-order valence-corrected chi connectivity index (χ0v) is 13.3. The van der Waals surface area contributed by atoms with E-state index in [4.69, 9.17) is 9.15 Å². The summed E-state index contributed by atoms with van der Waals surface area (Å²) >= 11 is 0. The number of benzene rings is 1. The maximum absolute atomic E-state index is 11.9. The molecule has 4 nitrogen and oxygen atoms in total. The number of carbonyl (C=O) groups is 1. The Labute approximate surface area is 135 Å². The molecule has 0 bridgehead atoms. The molecule has 0 atom stereocenters. The average Bonchev–Trinajstić information content (AvgIpc) is 3.16. The quantitative estimate of drug-likeness (QED) is 0.610. The van der Waals surface area contributed by atoms with Gasteiger partial charge in [-0.15, -0.1) is 0 Å². The third-order valence-corrected chi connectivity index (χ3v) is 3.74. The van der Waals surface area contributed by atoms with Crippen molar-refractivity contribution in [2.75, 3.05) is 0 Å². The molecule has 3 rings (SSSR count). The lowest BCUT2D eigenvalue weighted by Crippen LogP contribution is -2.04. The molecule has 0 fully saturated rings. The van der Waals surface area contributed by atoms with Crippen molar-refractivity contribution >= 4 is 17.9 Å². The lowest BCUT2D eigenvalue weighted by Gasteiger charge is -2.04. The Balaban J connectivity index is 1.69. The van der Waals surface area contributed by atoms with Crippen molar-refractivity contribution < 1.29 is 13.9 Å². The van der Waals surface area contributed by atoms with Crippen molar-refractivity contribution in [1.29, 1.82) is 0 Å². The molecule has 0 amide bonds. The van der Waals surface area contributed by atoms with Crippen molar-refractivity contribution in [3.8, 4) is 0 Å². The van der Waals surface area contributed by atoms with Crippen molar-refractivity contribution in [2.24, 2.45) is 4.99 Å². The molecule has 1 aromatic carbocycles. The molecule has 1 aliphatic heterocycles. The van der Waals surface area contributed by atoms with Crippen molar-refractivity contribution in [1.82, 2.24) is 0 Å². The molecule has 0 N–H and O–H groups in total. The number of rotatable bonds is 5. The molecule has 23 heavy (non-hydrogen) atoms. The predicted octanol–water partition coefficient (Wildman–Crippen LogP) is 4.33. The first-order valence-corrected chi connectivity index (χ1v) is 7.75. The monoisotopic (exact) mass is 309 g/mol. The molecule has 2 aromatic rings. The van der Waals surface area contributed by atoms with E-state index in [1.807, 2.05) is 24.3 Å². The van der Waals surface area contributed by atoms with Gasteiger partial charge in [-0.25, -0.2) is 9.79 Å². The summed E-state index contributed by atoms with van der Waals surface area (Å²) in [6.07, 6.45) is 4.59. The fourth-order valence-corrected chi connectivity index (χ4v) is 2.38. The average molecular weight is 309 g/mol. The lowest BCUT2D eigenvalue weighted by molar-refractivity contribution is -0.130. The molecule has 0 saturated heterocycles. The molecule has 0 radical (unpaired) electrons. The molecule has 0 aliphatic carbocycles. The van der Waals surface area contributed by atoms with E-state index in [2.05, 4.69) is 31.0 Å². The SMILES string of the molecule is CC(C)c1ccc(/C=C2/N=C(CCc3ccco3)OC2=O)cc1. The summed E-state index contributed by atoms with van der Waals surface area (Å²) in [5.41, 5.74) is 2.55. The van der Waals surface area contributed by atoms with Crippen molar-refractivity contribution in [3.05, 3.63) is 65.2 Å². The summed E-state index contributed by atoms with van der Waals surface area (Å²) < 4.78 is 10.5. The van der Waals surface area contributed by atoms with E-state index in [0.717, 1.165) is 11.3 Å². The zero-order chi connectivity index (χ0) is 16.2. The van der Waals surface area contributed by atoms with Crippen LogP contribution < -0.4 is 0 Å². The molecular formula is C19H19NO3. The molecule has 118 valence electrons. The Morgan fingerprint density at radius 2 is 1.91 bits per heavy atom. The van der Waals surface area contributed by atoms with E-state index in [1.165, 1.54) is 5.56 Å². The van der Waals surface area contributed by atoms with E-state index < -0.39 is 5.97 Å². The van der Waals surface area contributed by atoms with Crippen LogP contribution in [0.2, 0.25) is 0 Å². The van der Waals surface area contributed by atoms with Gasteiger partial charge in [-0.1, -0.05) is 38.1 Å². The maximum Gasteiger partial charge on any atom is 0.363 e. The molecular weight excluding hydrogens is 290 g/mol. The number of hydrogen-bond acceptors (Lipinski definition) is 4. The number of cyclic esters (lactones) is 1. The van der Waals surface area contributed by atoms with E-state index in [0.29, 0.717) is 30.4 Å². The van der Waals surface area contributed by atoms with Crippen LogP contribution in [0.25, 0.3) is 6.08 Å². The smallest absolute Gasteiger partial charge is 0.363 e. The number of hydrogen-bond donors (Lipinski definition) is 0. The summed E-state index contributed by atoms with van der Waals surface area (Å²) in [4.78, 5) is 16.2. The molecule has 1 aromatic heterocycles. The molecule has 1 aliphatic rings. The van der Waals surface area contributed by atoms with Gasteiger partial charge in [-0.3, -0.25) is 0 Å². The first-order chi connectivity index (χ1) is 11.1. The zero-order valence-electron chi connectivity index (χ0n) is 13.3. The second-order valence-electron chi connectivity index (χ2n) is 5.83. The van der Waals surface area contributed by atoms with E-state index in [-0.39, 0.29) is 0 Å². The van der Waals surface area contributed by atoms with Crippen LogP contribution in [0, 0.1) is 0 Å². The van der Waals surface area contributed by atoms with Crippen molar-refractivity contribution in [3.63, 3.8) is 0 Å². The van der Waals surface area contributed by atoms with Gasteiger partial charge in [-0.05, 0) is 35.3 Å². The largest absolute Gasteiger partial charge is 0.469 e. The Morgan fingerprint density at radius 3 is 2.57 bits per heavy atom. The minimum absolute atomic E-state index is 0.344. The van der Waals surface area contributed by atoms with Crippen LogP contribution in [0.3, 0.4) is 0 Å². The minimum Gasteiger partial charge on any atom is -0.469 e. The summed E-state index contributed by atoms with van der Waals surface area (Å²) in [6.45, 7) is 4.30. The Bertz CT molecular complexity index is 737. The minimum atomic E-state index is -0.396. The van der Waals surface area contributed by atoms with E-state index >= 15 is 0 Å². The number of aliphatic imine (C=N–C) groups is 1. The molecule has 0 unspecified atom stereocenters. The fourth-order valence-electron chi connectivity index (χ4n) is 2.38. The van der Waals surface area contributed by atoms with Gasteiger partial charge < -0.3 is 9.15 Å². The van der Waals surface area contributed by atoms with Crippen LogP contribution in [-0.4, -0.2) is 11.9 Å². The summed E-state index contributed by atoms with van der Waals surface area (Å²) in [7, 11) is 0. The second-order valence-corrected chi connectivity index (χ2v) is 5.83. The predicted molar refractivity (Wildman–Crippen MR) is 89.1 cm³/mol. The van der Waals surface area contributed by atoms with Crippen LogP contribution in [0.4, 0.5) is 0 Å². The van der Waals surface area contributed by atoms with Crippen molar-refractivity contribution in [2.45, 2.75) is 32.6 Å². The first kappa shape index (κ1) is 15.3. The van der Waals surface area contributed by atoms with Gasteiger partial charge in [0.25, 0.3) is 0 Å².